The zero-order chi connectivity index (χ0) is 16.8. The summed E-state index contributed by atoms with van der Waals surface area (Å²) in [7, 11) is 1.54. The number of rotatable bonds is 6. The van der Waals surface area contributed by atoms with Crippen LogP contribution in [0.3, 0.4) is 0 Å². The highest BCUT2D eigenvalue weighted by atomic mass is 16.5. The van der Waals surface area contributed by atoms with Crippen LogP contribution in [0, 0.1) is 0 Å². The van der Waals surface area contributed by atoms with Crippen molar-refractivity contribution in [3.8, 4) is 5.75 Å². The topological polar surface area (TPSA) is 72.8 Å². The minimum Gasteiger partial charge on any atom is -0.497 e. The van der Waals surface area contributed by atoms with Gasteiger partial charge in [-0.15, -0.1) is 0 Å². The van der Waals surface area contributed by atoms with Crippen molar-refractivity contribution in [1.82, 2.24) is 0 Å². The SMILES string of the molecule is COc1ccc(C(=O)[C@H](C)OC(=O)c2ccc(CO)cc2)cc1. The fourth-order valence-corrected chi connectivity index (χ4v) is 2.02. The lowest BCUT2D eigenvalue weighted by molar-refractivity contribution is 0.0318. The lowest BCUT2D eigenvalue weighted by Crippen LogP contribution is -2.24. The van der Waals surface area contributed by atoms with E-state index in [-0.39, 0.29) is 12.4 Å². The number of methoxy groups -OCH3 is 1. The Labute approximate surface area is 134 Å². The zero-order valence-corrected chi connectivity index (χ0v) is 13.0. The molecule has 0 radical (unpaired) electrons. The second kappa shape index (κ2) is 7.56. The normalized spacial score (nSPS) is 11.6. The molecule has 5 nitrogen and oxygen atoms in total. The summed E-state index contributed by atoms with van der Waals surface area (Å²) in [6, 6.07) is 13.0. The van der Waals surface area contributed by atoms with E-state index in [1.807, 2.05) is 0 Å². The van der Waals surface area contributed by atoms with Crippen molar-refractivity contribution < 1.29 is 24.2 Å². The van der Waals surface area contributed by atoms with Gasteiger partial charge in [-0.3, -0.25) is 4.79 Å². The highest BCUT2D eigenvalue weighted by Gasteiger charge is 2.20. The van der Waals surface area contributed by atoms with Gasteiger partial charge in [0.05, 0.1) is 19.3 Å². The van der Waals surface area contributed by atoms with E-state index in [2.05, 4.69) is 0 Å². The molecule has 2 rings (SSSR count). The Kier molecular flexibility index (Phi) is 5.49. The number of carbonyl (C=O) groups excluding carboxylic acids is 2. The summed E-state index contributed by atoms with van der Waals surface area (Å²) in [5.74, 6) is -0.216. The average molecular weight is 314 g/mol. The molecular weight excluding hydrogens is 296 g/mol. The van der Waals surface area contributed by atoms with Crippen LogP contribution < -0.4 is 4.74 Å². The molecule has 0 saturated carbocycles. The predicted molar refractivity (Wildman–Crippen MR) is 84.6 cm³/mol. The zero-order valence-electron chi connectivity index (χ0n) is 13.0. The Morgan fingerprint density at radius 1 is 1.00 bits per heavy atom. The average Bonchev–Trinajstić information content (AvgIpc) is 2.61. The summed E-state index contributed by atoms with van der Waals surface area (Å²) in [6.07, 6.45) is -0.895. The third kappa shape index (κ3) is 4.17. The van der Waals surface area contributed by atoms with Gasteiger partial charge >= 0.3 is 5.97 Å². The molecule has 0 fully saturated rings. The molecule has 2 aromatic carbocycles. The van der Waals surface area contributed by atoms with Crippen LogP contribution in [0.15, 0.2) is 48.5 Å². The number of aliphatic hydroxyl groups is 1. The van der Waals surface area contributed by atoms with Gasteiger partial charge in [0, 0.05) is 5.56 Å². The molecular formula is C18H18O5. The molecule has 1 atom stereocenters. The fraction of sp³-hybridized carbons (Fsp3) is 0.222. The number of hydrogen-bond acceptors (Lipinski definition) is 5. The third-order valence-corrected chi connectivity index (χ3v) is 3.40. The number of esters is 1. The first-order valence-electron chi connectivity index (χ1n) is 7.14. The molecule has 0 aliphatic carbocycles. The molecule has 0 heterocycles. The van der Waals surface area contributed by atoms with Gasteiger partial charge in [0.15, 0.2) is 6.10 Å². The molecule has 0 bridgehead atoms. The van der Waals surface area contributed by atoms with Gasteiger partial charge in [-0.25, -0.2) is 4.79 Å². The summed E-state index contributed by atoms with van der Waals surface area (Å²) in [5.41, 5.74) is 1.47. The van der Waals surface area contributed by atoms with E-state index in [4.69, 9.17) is 14.6 Å². The van der Waals surface area contributed by atoms with E-state index in [1.54, 1.807) is 55.6 Å². The van der Waals surface area contributed by atoms with Crippen LogP contribution in [0.2, 0.25) is 0 Å². The lowest BCUT2D eigenvalue weighted by Gasteiger charge is -2.13. The molecule has 0 aromatic heterocycles. The number of hydrogen-bond donors (Lipinski definition) is 1. The molecule has 5 heteroatoms. The van der Waals surface area contributed by atoms with Crippen LogP contribution in [-0.4, -0.2) is 30.1 Å². The standard InChI is InChI=1S/C18H18O5/c1-12(17(20)14-7-9-16(22-2)10-8-14)23-18(21)15-5-3-13(11-19)4-6-15/h3-10,12,19H,11H2,1-2H3/t12-/m0/s1. The van der Waals surface area contributed by atoms with E-state index in [9.17, 15) is 9.59 Å². The molecule has 120 valence electrons. The Morgan fingerprint density at radius 2 is 1.57 bits per heavy atom. The Morgan fingerprint density at radius 3 is 2.09 bits per heavy atom. The smallest absolute Gasteiger partial charge is 0.338 e. The van der Waals surface area contributed by atoms with E-state index in [1.165, 1.54) is 6.92 Å². The molecule has 0 spiro atoms. The summed E-state index contributed by atoms with van der Waals surface area (Å²) in [4.78, 5) is 24.3. The van der Waals surface area contributed by atoms with E-state index < -0.39 is 12.1 Å². The van der Waals surface area contributed by atoms with Crippen molar-refractivity contribution in [3.63, 3.8) is 0 Å². The highest BCUT2D eigenvalue weighted by molar-refractivity contribution is 6.01. The molecule has 0 amide bonds. The van der Waals surface area contributed by atoms with Crippen molar-refractivity contribution in [3.05, 3.63) is 65.2 Å². The van der Waals surface area contributed by atoms with Gasteiger partial charge < -0.3 is 14.6 Å². The summed E-state index contributed by atoms with van der Waals surface area (Å²) in [5, 5.41) is 8.98. The van der Waals surface area contributed by atoms with Gasteiger partial charge in [0.2, 0.25) is 5.78 Å². The highest BCUT2D eigenvalue weighted by Crippen LogP contribution is 2.15. The number of Topliss-reactive ketones (excluding diaryl/α,β-unsaturated/α-hetero) is 1. The van der Waals surface area contributed by atoms with Gasteiger partial charge in [0.1, 0.15) is 5.75 Å². The molecule has 1 N–H and O–H groups in total. The molecule has 2 aromatic rings. The first kappa shape index (κ1) is 16.7. The molecule has 0 aliphatic rings. The van der Waals surface area contributed by atoms with Crippen LogP contribution in [0.1, 0.15) is 33.2 Å². The molecule has 0 saturated heterocycles. The predicted octanol–water partition coefficient (Wildman–Crippen LogP) is 2.62. The minimum absolute atomic E-state index is 0.0955. The van der Waals surface area contributed by atoms with Crippen molar-refractivity contribution in [2.45, 2.75) is 19.6 Å². The fourth-order valence-electron chi connectivity index (χ4n) is 2.02. The number of benzene rings is 2. The number of carbonyl (C=O) groups is 2. The van der Waals surface area contributed by atoms with E-state index in [0.29, 0.717) is 22.4 Å². The number of ketones is 1. The number of aliphatic hydroxyl groups excluding tert-OH is 1. The maximum absolute atomic E-state index is 12.3. The Hall–Kier alpha value is -2.66. The van der Waals surface area contributed by atoms with Crippen LogP contribution >= 0.6 is 0 Å². The van der Waals surface area contributed by atoms with Crippen molar-refractivity contribution in [2.75, 3.05) is 7.11 Å². The van der Waals surface area contributed by atoms with Gasteiger partial charge in [-0.1, -0.05) is 12.1 Å². The second-order valence-corrected chi connectivity index (χ2v) is 5.00. The largest absolute Gasteiger partial charge is 0.497 e. The van der Waals surface area contributed by atoms with Crippen molar-refractivity contribution >= 4 is 11.8 Å². The van der Waals surface area contributed by atoms with Crippen LogP contribution in [-0.2, 0) is 11.3 Å². The van der Waals surface area contributed by atoms with Crippen molar-refractivity contribution in [1.29, 1.82) is 0 Å². The third-order valence-electron chi connectivity index (χ3n) is 3.40. The summed E-state index contributed by atoms with van der Waals surface area (Å²) < 4.78 is 10.2. The quantitative estimate of drug-likeness (QED) is 0.655. The lowest BCUT2D eigenvalue weighted by atomic mass is 10.1. The minimum atomic E-state index is -0.895. The Balaban J connectivity index is 2.02. The first-order valence-corrected chi connectivity index (χ1v) is 7.14. The van der Waals surface area contributed by atoms with Gasteiger partial charge in [-0.2, -0.15) is 0 Å². The van der Waals surface area contributed by atoms with E-state index in [0.717, 1.165) is 0 Å². The summed E-state index contributed by atoms with van der Waals surface area (Å²) in [6.45, 7) is 1.44. The second-order valence-electron chi connectivity index (χ2n) is 5.00. The van der Waals surface area contributed by atoms with Crippen LogP contribution in [0.25, 0.3) is 0 Å². The van der Waals surface area contributed by atoms with Crippen LogP contribution in [0.5, 0.6) is 5.75 Å². The maximum atomic E-state index is 12.3. The monoisotopic (exact) mass is 314 g/mol. The molecule has 0 unspecified atom stereocenters. The molecule has 23 heavy (non-hydrogen) atoms. The first-order chi connectivity index (χ1) is 11.0. The summed E-state index contributed by atoms with van der Waals surface area (Å²) >= 11 is 0. The van der Waals surface area contributed by atoms with Gasteiger partial charge in [0.25, 0.3) is 0 Å². The van der Waals surface area contributed by atoms with Crippen molar-refractivity contribution in [2.24, 2.45) is 0 Å². The maximum Gasteiger partial charge on any atom is 0.338 e. The Bertz CT molecular complexity index is 674. The molecule has 0 aliphatic heterocycles. The van der Waals surface area contributed by atoms with Crippen LogP contribution in [0.4, 0.5) is 0 Å². The van der Waals surface area contributed by atoms with Gasteiger partial charge in [-0.05, 0) is 48.9 Å². The van der Waals surface area contributed by atoms with E-state index >= 15 is 0 Å². The number of ether oxygens (including phenoxy) is 2.